The molecule has 3 nitrogen and oxygen atoms in total. The number of rotatable bonds is 7. The maximum atomic E-state index is 9.98. The highest BCUT2D eigenvalue weighted by molar-refractivity contribution is 5.81. The molecule has 3 rings (SSSR count). The lowest BCUT2D eigenvalue weighted by atomic mass is 9.96. The van der Waals surface area contributed by atoms with Crippen LogP contribution in [0.5, 0.6) is 5.75 Å². The first-order valence-corrected chi connectivity index (χ1v) is 8.91. The molecule has 132 valence electrons. The molecule has 0 saturated carbocycles. The molecule has 0 bridgehead atoms. The summed E-state index contributed by atoms with van der Waals surface area (Å²) in [5, 5.41) is 13.4. The van der Waals surface area contributed by atoms with Gasteiger partial charge in [-0.15, -0.1) is 0 Å². The third-order valence-electron chi connectivity index (χ3n) is 4.94. The highest BCUT2D eigenvalue weighted by Gasteiger charge is 2.29. The van der Waals surface area contributed by atoms with E-state index in [0.29, 0.717) is 5.92 Å². The van der Waals surface area contributed by atoms with Crippen molar-refractivity contribution in [1.29, 1.82) is 0 Å². The molecule has 0 fully saturated rings. The van der Waals surface area contributed by atoms with E-state index in [1.54, 1.807) is 7.11 Å². The van der Waals surface area contributed by atoms with Crippen LogP contribution in [-0.2, 0) is 0 Å². The van der Waals surface area contributed by atoms with Crippen molar-refractivity contribution in [3.8, 4) is 16.9 Å². The predicted molar refractivity (Wildman–Crippen MR) is 104 cm³/mol. The van der Waals surface area contributed by atoms with Crippen molar-refractivity contribution in [3.63, 3.8) is 0 Å². The number of ether oxygens (including phenoxy) is 1. The molecular formula is C22H27NO2. The first kappa shape index (κ1) is 17.6. The highest BCUT2D eigenvalue weighted by Crippen LogP contribution is 2.46. The van der Waals surface area contributed by atoms with E-state index in [1.165, 1.54) is 11.1 Å². The van der Waals surface area contributed by atoms with Crippen LogP contribution in [0.15, 0.2) is 43.0 Å². The number of fused-ring (bicyclic) bond motifs is 3. The molecule has 1 unspecified atom stereocenters. The molecule has 0 aromatic heterocycles. The third-order valence-corrected chi connectivity index (χ3v) is 4.94. The zero-order chi connectivity index (χ0) is 18.0. The van der Waals surface area contributed by atoms with E-state index in [2.05, 4.69) is 50.0 Å². The minimum atomic E-state index is -0.0106. The van der Waals surface area contributed by atoms with Crippen LogP contribution in [0.4, 0.5) is 0 Å². The molecule has 0 saturated heterocycles. The van der Waals surface area contributed by atoms with Gasteiger partial charge in [0.05, 0.1) is 13.7 Å². The Balaban J connectivity index is 1.88. The Labute approximate surface area is 150 Å². The van der Waals surface area contributed by atoms with Crippen LogP contribution in [0.2, 0.25) is 0 Å². The zero-order valence-electron chi connectivity index (χ0n) is 15.3. The normalized spacial score (nSPS) is 15.0. The van der Waals surface area contributed by atoms with Gasteiger partial charge in [0.2, 0.25) is 0 Å². The van der Waals surface area contributed by atoms with Crippen LogP contribution in [0.1, 0.15) is 42.9 Å². The summed E-state index contributed by atoms with van der Waals surface area (Å²) in [6.45, 7) is 9.63. The zero-order valence-corrected chi connectivity index (χ0v) is 15.3. The Morgan fingerprint density at radius 1 is 1.16 bits per heavy atom. The minimum Gasteiger partial charge on any atom is -0.497 e. The lowest BCUT2D eigenvalue weighted by molar-refractivity contribution is 0.282. The second-order valence-corrected chi connectivity index (χ2v) is 7.08. The van der Waals surface area contributed by atoms with Gasteiger partial charge in [0, 0.05) is 18.2 Å². The third kappa shape index (κ3) is 3.42. The van der Waals surface area contributed by atoms with Gasteiger partial charge in [0.15, 0.2) is 0 Å². The molecule has 0 heterocycles. The maximum absolute atomic E-state index is 9.98. The summed E-state index contributed by atoms with van der Waals surface area (Å²) in [6.07, 6.45) is 1.12. The smallest absolute Gasteiger partial charge is 0.119 e. The lowest BCUT2D eigenvalue weighted by Gasteiger charge is -2.14. The van der Waals surface area contributed by atoms with Crippen molar-refractivity contribution in [3.05, 3.63) is 59.7 Å². The summed E-state index contributed by atoms with van der Waals surface area (Å²) in [6, 6.07) is 12.5. The summed E-state index contributed by atoms with van der Waals surface area (Å²) in [5.74, 6) is 1.48. The molecule has 2 aromatic rings. The first-order chi connectivity index (χ1) is 12.0. The number of aliphatic hydroxyl groups excluding tert-OH is 1. The Morgan fingerprint density at radius 3 is 2.48 bits per heavy atom. The van der Waals surface area contributed by atoms with Crippen LogP contribution < -0.4 is 10.1 Å². The largest absolute Gasteiger partial charge is 0.497 e. The Hall–Kier alpha value is -2.26. The second-order valence-electron chi connectivity index (χ2n) is 7.08. The van der Waals surface area contributed by atoms with Gasteiger partial charge in [-0.05, 0) is 58.4 Å². The fourth-order valence-corrected chi connectivity index (χ4v) is 3.46. The van der Waals surface area contributed by atoms with E-state index in [0.717, 1.165) is 41.1 Å². The van der Waals surface area contributed by atoms with Gasteiger partial charge in [-0.3, -0.25) is 0 Å². The highest BCUT2D eigenvalue weighted by atomic mass is 16.5. The van der Waals surface area contributed by atoms with Crippen molar-refractivity contribution in [2.75, 3.05) is 20.3 Å². The first-order valence-electron chi connectivity index (χ1n) is 8.91. The van der Waals surface area contributed by atoms with Gasteiger partial charge in [-0.1, -0.05) is 38.6 Å². The number of methoxy groups -OCH3 is 1. The van der Waals surface area contributed by atoms with Crippen molar-refractivity contribution in [2.24, 2.45) is 5.92 Å². The molecule has 2 N–H and O–H groups in total. The van der Waals surface area contributed by atoms with Crippen molar-refractivity contribution < 1.29 is 9.84 Å². The summed E-state index contributed by atoms with van der Waals surface area (Å²) in [4.78, 5) is 0. The molecule has 0 spiro atoms. The standard InChI is InChI=1S/C22H27NO2/c1-14(2)9-10-23-15(3)16-5-7-18-19-8-6-17(25-4)12-21(19)22(13-24)20(18)11-16/h5-8,11-12,14,22-24H,3,9-10,13H2,1-2,4H3. The van der Waals surface area contributed by atoms with E-state index in [4.69, 9.17) is 4.74 Å². The SMILES string of the molecule is C=C(NCCC(C)C)c1ccc2c(c1)C(CO)c1cc(OC)ccc1-2. The Bertz CT molecular complexity index is 780. The van der Waals surface area contributed by atoms with E-state index in [1.807, 2.05) is 12.1 Å². The number of hydrogen-bond acceptors (Lipinski definition) is 3. The summed E-state index contributed by atoms with van der Waals surface area (Å²) >= 11 is 0. The molecule has 1 aliphatic rings. The average Bonchev–Trinajstić information content (AvgIpc) is 2.93. The average molecular weight is 337 g/mol. The molecule has 0 radical (unpaired) electrons. The summed E-state index contributed by atoms with van der Waals surface area (Å²) < 4.78 is 5.35. The Morgan fingerprint density at radius 2 is 1.84 bits per heavy atom. The number of hydrogen-bond donors (Lipinski definition) is 2. The van der Waals surface area contributed by atoms with Crippen LogP contribution >= 0.6 is 0 Å². The van der Waals surface area contributed by atoms with Gasteiger partial charge in [-0.2, -0.15) is 0 Å². The monoisotopic (exact) mass is 337 g/mol. The summed E-state index contributed by atoms with van der Waals surface area (Å²) in [7, 11) is 1.67. The van der Waals surface area contributed by atoms with Crippen molar-refractivity contribution >= 4 is 5.70 Å². The minimum absolute atomic E-state index is 0.0106. The quantitative estimate of drug-likeness (QED) is 0.786. The van der Waals surface area contributed by atoms with Crippen LogP contribution in [-0.4, -0.2) is 25.4 Å². The van der Waals surface area contributed by atoms with E-state index < -0.39 is 0 Å². The number of aliphatic hydroxyl groups is 1. The molecule has 25 heavy (non-hydrogen) atoms. The lowest BCUT2D eigenvalue weighted by Crippen LogP contribution is -2.15. The fraction of sp³-hybridized carbons (Fsp3) is 0.364. The van der Waals surface area contributed by atoms with Crippen molar-refractivity contribution in [1.82, 2.24) is 5.32 Å². The second kappa shape index (κ2) is 7.32. The van der Waals surface area contributed by atoms with Crippen LogP contribution in [0.3, 0.4) is 0 Å². The van der Waals surface area contributed by atoms with Gasteiger partial charge in [0.25, 0.3) is 0 Å². The molecule has 1 atom stereocenters. The molecule has 0 aliphatic heterocycles. The van der Waals surface area contributed by atoms with E-state index in [9.17, 15) is 5.11 Å². The fourth-order valence-electron chi connectivity index (χ4n) is 3.46. The van der Waals surface area contributed by atoms with Crippen LogP contribution in [0, 0.1) is 5.92 Å². The molecule has 2 aromatic carbocycles. The van der Waals surface area contributed by atoms with Gasteiger partial charge >= 0.3 is 0 Å². The molecular weight excluding hydrogens is 310 g/mol. The van der Waals surface area contributed by atoms with Gasteiger partial charge < -0.3 is 15.2 Å². The maximum Gasteiger partial charge on any atom is 0.119 e. The van der Waals surface area contributed by atoms with Crippen LogP contribution in [0.25, 0.3) is 16.8 Å². The topological polar surface area (TPSA) is 41.5 Å². The number of benzene rings is 2. The Kier molecular flexibility index (Phi) is 5.14. The van der Waals surface area contributed by atoms with E-state index in [-0.39, 0.29) is 12.5 Å². The van der Waals surface area contributed by atoms with Crippen molar-refractivity contribution in [2.45, 2.75) is 26.2 Å². The molecule has 1 aliphatic carbocycles. The number of nitrogens with one attached hydrogen (secondary N) is 1. The van der Waals surface area contributed by atoms with E-state index >= 15 is 0 Å². The van der Waals surface area contributed by atoms with Gasteiger partial charge in [-0.25, -0.2) is 0 Å². The van der Waals surface area contributed by atoms with Gasteiger partial charge in [0.1, 0.15) is 5.75 Å². The molecule has 0 amide bonds. The predicted octanol–water partition coefficient (Wildman–Crippen LogP) is 4.41. The summed E-state index contributed by atoms with van der Waals surface area (Å²) in [5.41, 5.74) is 6.69. The molecule has 3 heteroatoms.